The number of benzene rings is 1. The summed E-state index contributed by atoms with van der Waals surface area (Å²) in [6.07, 6.45) is 6.22. The number of carbonyl (C=O) groups excluding carboxylic acids is 2. The Hall–Kier alpha value is -2.89. The van der Waals surface area contributed by atoms with Gasteiger partial charge < -0.3 is 34.1 Å². The van der Waals surface area contributed by atoms with Gasteiger partial charge in [-0.2, -0.15) is 0 Å². The van der Waals surface area contributed by atoms with Gasteiger partial charge in [0, 0.05) is 24.1 Å². The van der Waals surface area contributed by atoms with Crippen molar-refractivity contribution >= 4 is 24.6 Å². The van der Waals surface area contributed by atoms with E-state index in [0.29, 0.717) is 6.54 Å². The summed E-state index contributed by atoms with van der Waals surface area (Å²) in [5, 5.41) is 2.73. The van der Waals surface area contributed by atoms with E-state index in [9.17, 15) is 9.59 Å². The van der Waals surface area contributed by atoms with Crippen LogP contribution in [0.5, 0.6) is 0 Å². The van der Waals surface area contributed by atoms with Crippen LogP contribution < -0.4 is 10.8 Å². The molecule has 4 aliphatic rings. The number of hydrogen-bond acceptors (Lipinski definition) is 7. The number of likely N-dealkylation sites (tertiary alicyclic amines) is 2. The summed E-state index contributed by atoms with van der Waals surface area (Å²) in [6, 6.07) is 3.56. The van der Waals surface area contributed by atoms with Crippen LogP contribution in [0.25, 0.3) is 11.3 Å². The second-order valence-corrected chi connectivity index (χ2v) is 14.6. The quantitative estimate of drug-likeness (QED) is 0.481. The highest BCUT2D eigenvalue weighted by atomic mass is 16.7. The monoisotopic (exact) mass is 605 g/mol. The van der Waals surface area contributed by atoms with E-state index in [4.69, 9.17) is 19.0 Å². The van der Waals surface area contributed by atoms with Gasteiger partial charge in [-0.1, -0.05) is 26.0 Å². The number of fused-ring (bicyclic) bond motifs is 2. The molecule has 3 aliphatic heterocycles. The molecule has 10 nitrogen and oxygen atoms in total. The van der Waals surface area contributed by atoms with Gasteiger partial charge in [0.1, 0.15) is 11.9 Å². The number of ether oxygens (including phenoxy) is 1. The van der Waals surface area contributed by atoms with Crippen molar-refractivity contribution < 1.29 is 23.6 Å². The highest BCUT2D eigenvalue weighted by molar-refractivity contribution is 6.62. The topological polar surface area (TPSA) is 109 Å². The number of aromatic amines is 1. The van der Waals surface area contributed by atoms with Crippen LogP contribution in [-0.4, -0.2) is 89.9 Å². The Morgan fingerprint density at radius 3 is 2.50 bits per heavy atom. The zero-order valence-corrected chi connectivity index (χ0v) is 27.6. The average molecular weight is 606 g/mol. The van der Waals surface area contributed by atoms with E-state index in [-0.39, 0.29) is 23.3 Å². The number of methoxy groups -OCH3 is 1. The lowest BCUT2D eigenvalue weighted by molar-refractivity contribution is -0.135. The van der Waals surface area contributed by atoms with Gasteiger partial charge in [0.15, 0.2) is 0 Å². The van der Waals surface area contributed by atoms with Crippen LogP contribution in [0.4, 0.5) is 4.79 Å². The Morgan fingerprint density at radius 1 is 1.14 bits per heavy atom. The first-order valence-corrected chi connectivity index (χ1v) is 16.2. The molecule has 3 saturated heterocycles. The number of nitrogens with zero attached hydrogens (tertiary/aromatic N) is 3. The molecule has 11 heteroatoms. The van der Waals surface area contributed by atoms with Gasteiger partial charge in [-0.15, -0.1) is 0 Å². The highest BCUT2D eigenvalue weighted by Gasteiger charge is 2.55. The second-order valence-electron chi connectivity index (χ2n) is 14.6. The van der Waals surface area contributed by atoms with E-state index in [1.807, 2.05) is 24.9 Å². The summed E-state index contributed by atoms with van der Waals surface area (Å²) in [6.45, 7) is 15.0. The molecule has 238 valence electrons. The number of H-pyrrole nitrogens is 1. The standard InChI is InChI=1S/C33H48BN5O5/c1-20(2)27(37-30(41)42-8)29(40)39-16-9-10-25(39)28-35-18-24(36-28)21-11-12-23(34-43-31(3,4)32(5,6)44-34)26-22(21)13-14-33(26)15-17-38(7)19-33/h11-12,18,20,25,27H,9-10,13-17,19H2,1-8H3,(H,35,36)(H,37,41)/t25-,27-,33?/m0/s1. The molecule has 1 aromatic heterocycles. The van der Waals surface area contributed by atoms with Gasteiger partial charge >= 0.3 is 13.2 Å². The first kappa shape index (κ1) is 31.1. The normalized spacial score (nSPS) is 26.5. The van der Waals surface area contributed by atoms with Crippen LogP contribution in [0, 0.1) is 5.92 Å². The summed E-state index contributed by atoms with van der Waals surface area (Å²) >= 11 is 0. The zero-order valence-electron chi connectivity index (χ0n) is 27.6. The molecule has 2 N–H and O–H groups in total. The molecule has 44 heavy (non-hydrogen) atoms. The maximum absolute atomic E-state index is 13.7. The molecule has 1 spiro atoms. The number of rotatable bonds is 6. The van der Waals surface area contributed by atoms with Crippen LogP contribution in [-0.2, 0) is 30.7 Å². The molecular formula is C33H48BN5O5. The van der Waals surface area contributed by atoms with Gasteiger partial charge in [-0.05, 0) is 95.9 Å². The van der Waals surface area contributed by atoms with Crippen molar-refractivity contribution in [3.63, 3.8) is 0 Å². The predicted octanol–water partition coefficient (Wildman–Crippen LogP) is 3.94. The lowest BCUT2D eigenvalue weighted by Gasteiger charge is -2.32. The minimum atomic E-state index is -0.663. The van der Waals surface area contributed by atoms with E-state index >= 15 is 0 Å². The fourth-order valence-electron chi connectivity index (χ4n) is 7.78. The van der Waals surface area contributed by atoms with Crippen LogP contribution >= 0.6 is 0 Å². The highest BCUT2D eigenvalue weighted by Crippen LogP contribution is 2.48. The molecule has 3 fully saturated rings. The summed E-state index contributed by atoms with van der Waals surface area (Å²) in [4.78, 5) is 38.4. The number of likely N-dealkylation sites (N-methyl/N-ethyl adjacent to an activating group) is 1. The number of imidazole rings is 1. The number of amides is 2. The maximum atomic E-state index is 13.7. The Labute approximate surface area is 261 Å². The number of nitrogens with one attached hydrogen (secondary N) is 2. The third-order valence-electron chi connectivity index (χ3n) is 10.9. The summed E-state index contributed by atoms with van der Waals surface area (Å²) in [5.41, 5.74) is 5.28. The van der Waals surface area contributed by atoms with E-state index in [2.05, 4.69) is 62.1 Å². The van der Waals surface area contributed by atoms with Gasteiger partial charge in [-0.3, -0.25) is 4.79 Å². The molecule has 1 unspecified atom stereocenters. The molecular weight excluding hydrogens is 557 g/mol. The van der Waals surface area contributed by atoms with Crippen molar-refractivity contribution in [2.24, 2.45) is 5.92 Å². The fourth-order valence-corrected chi connectivity index (χ4v) is 7.78. The lowest BCUT2D eigenvalue weighted by atomic mass is 9.67. The van der Waals surface area contributed by atoms with Crippen molar-refractivity contribution in [2.45, 2.75) is 102 Å². The number of alkyl carbamates (subject to hydrolysis) is 1. The Kier molecular flexibility index (Phi) is 7.90. The molecule has 0 bridgehead atoms. The fraction of sp³-hybridized carbons (Fsp3) is 0.667. The minimum absolute atomic E-state index is 0.0784. The van der Waals surface area contributed by atoms with Crippen molar-refractivity contribution in [1.29, 1.82) is 0 Å². The first-order chi connectivity index (χ1) is 20.8. The third kappa shape index (κ3) is 5.14. The van der Waals surface area contributed by atoms with Crippen molar-refractivity contribution in [3.05, 3.63) is 35.3 Å². The van der Waals surface area contributed by atoms with E-state index in [0.717, 1.165) is 67.7 Å². The molecule has 1 aromatic carbocycles. The SMILES string of the molecule is COC(=O)N[C@H](C(=O)N1CCC[C@H]1c1ncc(-c2ccc(B3OC(C)(C)C(C)(C)O3)c3c2CCC32CCN(C)C2)[nH]1)C(C)C. The average Bonchev–Trinajstić information content (AvgIpc) is 3.79. The predicted molar refractivity (Wildman–Crippen MR) is 170 cm³/mol. The van der Waals surface area contributed by atoms with Crippen molar-refractivity contribution in [1.82, 2.24) is 25.1 Å². The van der Waals surface area contributed by atoms with Gasteiger partial charge in [0.05, 0.1) is 36.2 Å². The van der Waals surface area contributed by atoms with Gasteiger partial charge in [0.2, 0.25) is 5.91 Å². The van der Waals surface area contributed by atoms with Gasteiger partial charge in [0.25, 0.3) is 0 Å². The first-order valence-electron chi connectivity index (χ1n) is 16.2. The van der Waals surface area contributed by atoms with Crippen LogP contribution in [0.15, 0.2) is 18.3 Å². The van der Waals surface area contributed by atoms with Gasteiger partial charge in [-0.25, -0.2) is 9.78 Å². The summed E-state index contributed by atoms with van der Waals surface area (Å²) < 4.78 is 18.0. The Morgan fingerprint density at radius 2 is 1.86 bits per heavy atom. The van der Waals surface area contributed by atoms with E-state index in [1.165, 1.54) is 18.2 Å². The number of carbonyl (C=O) groups is 2. The molecule has 3 atom stereocenters. The van der Waals surface area contributed by atoms with E-state index in [1.54, 1.807) is 0 Å². The van der Waals surface area contributed by atoms with E-state index < -0.39 is 30.5 Å². The largest absolute Gasteiger partial charge is 0.495 e. The molecule has 6 rings (SSSR count). The Bertz CT molecular complexity index is 1420. The zero-order chi connectivity index (χ0) is 31.6. The lowest BCUT2D eigenvalue weighted by Crippen LogP contribution is -2.51. The van der Waals surface area contributed by atoms with Crippen LogP contribution in [0.1, 0.15) is 90.2 Å². The van der Waals surface area contributed by atoms with Crippen LogP contribution in [0.3, 0.4) is 0 Å². The third-order valence-corrected chi connectivity index (χ3v) is 10.9. The van der Waals surface area contributed by atoms with Crippen molar-refractivity contribution in [2.75, 3.05) is 33.8 Å². The van der Waals surface area contributed by atoms with Crippen molar-refractivity contribution in [3.8, 4) is 11.3 Å². The molecule has 4 heterocycles. The molecule has 1 aliphatic carbocycles. The summed E-state index contributed by atoms with van der Waals surface area (Å²) in [5.74, 6) is 0.594. The van der Waals surface area contributed by atoms with Crippen LogP contribution in [0.2, 0.25) is 0 Å². The molecule has 0 radical (unpaired) electrons. The Balaban J connectivity index is 1.34. The number of hydrogen-bond donors (Lipinski definition) is 2. The summed E-state index contributed by atoms with van der Waals surface area (Å²) in [7, 11) is 3.11. The number of aromatic nitrogens is 2. The maximum Gasteiger partial charge on any atom is 0.495 e. The second kappa shape index (κ2) is 11.2. The molecule has 0 saturated carbocycles. The molecule has 2 aromatic rings. The smallest absolute Gasteiger partial charge is 0.453 e. The molecule has 2 amide bonds. The minimum Gasteiger partial charge on any atom is -0.453 e.